The van der Waals surface area contributed by atoms with E-state index in [1.165, 1.54) is 0 Å². The Morgan fingerprint density at radius 2 is 2.21 bits per heavy atom. The van der Waals surface area contributed by atoms with Crippen LogP contribution in [-0.4, -0.2) is 35.9 Å². The summed E-state index contributed by atoms with van der Waals surface area (Å²) >= 11 is 5.96. The summed E-state index contributed by atoms with van der Waals surface area (Å²) in [4.78, 5) is 0. The summed E-state index contributed by atoms with van der Waals surface area (Å²) in [6, 6.07) is 5.16. The minimum Gasteiger partial charge on any atom is -0.399 e. The predicted octanol–water partition coefficient (Wildman–Crippen LogP) is 1.34. The fraction of sp³-hybridized carbons (Fsp3) is 0.364. The van der Waals surface area contributed by atoms with Crippen molar-refractivity contribution in [1.29, 1.82) is 0 Å². The maximum atomic E-state index is 11.5. The number of hydrogen-bond donors (Lipinski definition) is 1. The van der Waals surface area contributed by atoms with E-state index in [1.807, 2.05) is 6.92 Å². The standard InChI is InChI=1S/C11H14ClN5OS/c1-2-19(18)4-3-17-11(14-15-16-17)8-5-9(12)7-10(13)6-8/h5-7H,2-4,13H2,1H3. The fourth-order valence-electron chi connectivity index (χ4n) is 1.64. The Hall–Kier alpha value is -1.47. The highest BCUT2D eigenvalue weighted by Gasteiger charge is 2.11. The van der Waals surface area contributed by atoms with Gasteiger partial charge in [-0.1, -0.05) is 18.5 Å². The highest BCUT2D eigenvalue weighted by molar-refractivity contribution is 7.84. The Bertz CT molecular complexity index is 580. The molecule has 0 saturated carbocycles. The molecule has 6 nitrogen and oxygen atoms in total. The first-order valence-electron chi connectivity index (χ1n) is 5.77. The molecule has 8 heteroatoms. The number of nitrogens with two attached hydrogens (primary N) is 1. The van der Waals surface area contributed by atoms with E-state index in [1.54, 1.807) is 22.9 Å². The lowest BCUT2D eigenvalue weighted by Crippen LogP contribution is -2.11. The van der Waals surface area contributed by atoms with Gasteiger partial charge in [-0.25, -0.2) is 4.68 Å². The van der Waals surface area contributed by atoms with Crippen LogP contribution < -0.4 is 5.73 Å². The number of aromatic nitrogens is 4. The number of halogens is 1. The van der Waals surface area contributed by atoms with Crippen molar-refractivity contribution in [1.82, 2.24) is 20.2 Å². The van der Waals surface area contributed by atoms with Crippen LogP contribution in [0.1, 0.15) is 6.92 Å². The van der Waals surface area contributed by atoms with E-state index < -0.39 is 10.8 Å². The first-order chi connectivity index (χ1) is 9.10. The average molecular weight is 300 g/mol. The molecule has 2 aromatic rings. The normalized spacial score (nSPS) is 12.5. The monoisotopic (exact) mass is 299 g/mol. The van der Waals surface area contributed by atoms with Gasteiger partial charge in [-0.3, -0.25) is 4.21 Å². The van der Waals surface area contributed by atoms with Gasteiger partial charge in [0.1, 0.15) is 0 Å². The molecule has 0 aliphatic rings. The average Bonchev–Trinajstić information content (AvgIpc) is 2.83. The SMILES string of the molecule is CCS(=O)CCn1nnnc1-c1cc(N)cc(Cl)c1. The van der Waals surface area contributed by atoms with E-state index in [4.69, 9.17) is 17.3 Å². The lowest BCUT2D eigenvalue weighted by Gasteiger charge is -2.05. The molecule has 0 bridgehead atoms. The Balaban J connectivity index is 2.25. The van der Waals surface area contributed by atoms with Gasteiger partial charge in [0.15, 0.2) is 5.82 Å². The number of tetrazole rings is 1. The summed E-state index contributed by atoms with van der Waals surface area (Å²) in [7, 11) is -0.852. The van der Waals surface area contributed by atoms with Gasteiger partial charge in [-0.2, -0.15) is 0 Å². The van der Waals surface area contributed by atoms with Gasteiger partial charge in [0.05, 0.1) is 6.54 Å². The minimum absolute atomic E-state index is 0.495. The predicted molar refractivity (Wildman–Crippen MR) is 76.2 cm³/mol. The molecule has 1 aromatic carbocycles. The van der Waals surface area contributed by atoms with Crippen molar-refractivity contribution in [3.05, 3.63) is 23.2 Å². The summed E-state index contributed by atoms with van der Waals surface area (Å²) in [5.41, 5.74) is 7.05. The molecule has 0 spiro atoms. The lowest BCUT2D eigenvalue weighted by molar-refractivity contribution is 0.624. The van der Waals surface area contributed by atoms with Crippen molar-refractivity contribution in [2.45, 2.75) is 13.5 Å². The van der Waals surface area contributed by atoms with Gasteiger partial charge in [0.25, 0.3) is 0 Å². The molecule has 0 fully saturated rings. The Morgan fingerprint density at radius 1 is 1.42 bits per heavy atom. The van der Waals surface area contributed by atoms with Gasteiger partial charge in [-0.05, 0) is 28.6 Å². The molecule has 0 amide bonds. The van der Waals surface area contributed by atoms with E-state index in [-0.39, 0.29) is 0 Å². The zero-order valence-electron chi connectivity index (χ0n) is 10.4. The summed E-state index contributed by atoms with van der Waals surface area (Å²) in [5, 5.41) is 12.0. The van der Waals surface area contributed by atoms with Crippen LogP contribution in [0.2, 0.25) is 5.02 Å². The van der Waals surface area contributed by atoms with Crippen molar-refractivity contribution in [2.75, 3.05) is 17.2 Å². The highest BCUT2D eigenvalue weighted by atomic mass is 35.5. The van der Waals surface area contributed by atoms with Gasteiger partial charge >= 0.3 is 0 Å². The topological polar surface area (TPSA) is 86.7 Å². The van der Waals surface area contributed by atoms with Crippen molar-refractivity contribution < 1.29 is 4.21 Å². The van der Waals surface area contributed by atoms with Crippen LogP contribution >= 0.6 is 11.6 Å². The maximum Gasteiger partial charge on any atom is 0.182 e. The summed E-state index contributed by atoms with van der Waals surface area (Å²) in [6.07, 6.45) is 0. The van der Waals surface area contributed by atoms with E-state index in [2.05, 4.69) is 15.5 Å². The number of aryl methyl sites for hydroxylation is 1. The van der Waals surface area contributed by atoms with Crippen molar-refractivity contribution in [3.8, 4) is 11.4 Å². The Morgan fingerprint density at radius 3 is 2.89 bits per heavy atom. The second-order valence-electron chi connectivity index (χ2n) is 3.93. The molecular formula is C11H14ClN5OS. The Kier molecular flexibility index (Phi) is 4.49. The molecule has 0 saturated heterocycles. The molecule has 102 valence electrons. The van der Waals surface area contributed by atoms with E-state index in [0.717, 1.165) is 5.56 Å². The number of anilines is 1. The first-order valence-corrected chi connectivity index (χ1v) is 7.64. The van der Waals surface area contributed by atoms with Gasteiger partial charge < -0.3 is 5.73 Å². The third kappa shape index (κ3) is 3.51. The van der Waals surface area contributed by atoms with Crippen LogP contribution in [0.15, 0.2) is 18.2 Å². The number of rotatable bonds is 5. The molecule has 0 aliphatic carbocycles. The smallest absolute Gasteiger partial charge is 0.182 e. The zero-order valence-corrected chi connectivity index (χ0v) is 12.0. The maximum absolute atomic E-state index is 11.5. The first kappa shape index (κ1) is 14.0. The number of nitrogen functional groups attached to an aromatic ring is 1. The van der Waals surface area contributed by atoms with Crippen molar-refractivity contribution >= 4 is 28.1 Å². The van der Waals surface area contributed by atoms with Gasteiger partial charge in [0.2, 0.25) is 0 Å². The fourth-order valence-corrected chi connectivity index (χ4v) is 2.54. The lowest BCUT2D eigenvalue weighted by atomic mass is 10.2. The van der Waals surface area contributed by atoms with Crippen molar-refractivity contribution in [2.24, 2.45) is 0 Å². The quantitative estimate of drug-likeness (QED) is 0.842. The third-order valence-electron chi connectivity index (χ3n) is 2.56. The summed E-state index contributed by atoms with van der Waals surface area (Å²) in [6.45, 7) is 2.38. The molecule has 2 N–H and O–H groups in total. The molecule has 1 aromatic heterocycles. The molecule has 0 radical (unpaired) electrons. The molecule has 19 heavy (non-hydrogen) atoms. The highest BCUT2D eigenvalue weighted by Crippen LogP contribution is 2.23. The Labute approximate surface area is 118 Å². The molecule has 1 unspecified atom stereocenters. The van der Waals surface area contributed by atoms with Crippen LogP contribution in [0.25, 0.3) is 11.4 Å². The van der Waals surface area contributed by atoms with E-state index >= 15 is 0 Å². The van der Waals surface area contributed by atoms with Crippen molar-refractivity contribution in [3.63, 3.8) is 0 Å². The van der Waals surface area contributed by atoms with Crippen LogP contribution in [0.3, 0.4) is 0 Å². The number of hydrogen-bond acceptors (Lipinski definition) is 5. The second kappa shape index (κ2) is 6.12. The second-order valence-corrected chi connectivity index (χ2v) is 6.23. The summed E-state index contributed by atoms with van der Waals surface area (Å²) < 4.78 is 13.1. The zero-order chi connectivity index (χ0) is 13.8. The third-order valence-corrected chi connectivity index (χ3v) is 4.06. The van der Waals surface area contributed by atoms with E-state index in [9.17, 15) is 4.21 Å². The molecule has 1 atom stereocenters. The molecular weight excluding hydrogens is 286 g/mol. The van der Waals surface area contributed by atoms with Crippen LogP contribution in [0.5, 0.6) is 0 Å². The van der Waals surface area contributed by atoms with Gasteiger partial charge in [-0.15, -0.1) is 5.10 Å². The minimum atomic E-state index is -0.852. The van der Waals surface area contributed by atoms with E-state index in [0.29, 0.717) is 34.6 Å². The number of nitrogens with zero attached hydrogens (tertiary/aromatic N) is 4. The van der Waals surface area contributed by atoms with Gasteiger partial charge in [0, 0.05) is 38.6 Å². The van der Waals surface area contributed by atoms with Crippen LogP contribution in [0, 0.1) is 0 Å². The molecule has 1 heterocycles. The molecule has 0 aliphatic heterocycles. The summed E-state index contributed by atoms with van der Waals surface area (Å²) in [5.74, 6) is 1.72. The van der Waals surface area contributed by atoms with Crippen LogP contribution in [0.4, 0.5) is 5.69 Å². The largest absolute Gasteiger partial charge is 0.399 e. The number of benzene rings is 1. The van der Waals surface area contributed by atoms with Crippen LogP contribution in [-0.2, 0) is 17.3 Å². The molecule has 2 rings (SSSR count).